The molecule has 0 saturated carbocycles. The molecule has 0 aliphatic carbocycles. The quantitative estimate of drug-likeness (QED) is 0.276. The predicted octanol–water partition coefficient (Wildman–Crippen LogP) is 2.06. The maximum atomic E-state index is 11.2. The summed E-state index contributed by atoms with van der Waals surface area (Å²) in [7, 11) is 1.38. The Balaban J connectivity index is 3.57. The topological polar surface area (TPSA) is 76.7 Å². The fourth-order valence-corrected chi connectivity index (χ4v) is 1.69. The van der Waals surface area contributed by atoms with E-state index in [1.807, 2.05) is 0 Å². The largest absolute Gasteiger partial charge is 0.469 e. The van der Waals surface area contributed by atoms with Crippen molar-refractivity contribution in [2.24, 2.45) is 16.6 Å². The lowest BCUT2D eigenvalue weighted by atomic mass is 10.1. The minimum atomic E-state index is -0.257. The third kappa shape index (κ3) is 10.4. The summed E-state index contributed by atoms with van der Waals surface area (Å²) < 4.78 is 4.62. The molecule has 0 radical (unpaired) electrons. The zero-order valence-electron chi connectivity index (χ0n) is 12.6. The lowest BCUT2D eigenvalue weighted by Crippen LogP contribution is -2.33. The normalized spacial score (nSPS) is 13.1. The van der Waals surface area contributed by atoms with Gasteiger partial charge in [0.1, 0.15) is 0 Å². The minimum Gasteiger partial charge on any atom is -0.469 e. The van der Waals surface area contributed by atoms with Crippen LogP contribution < -0.4 is 11.1 Å². The number of unbranched alkanes of at least 4 members (excludes halogenated alkanes) is 5. The van der Waals surface area contributed by atoms with E-state index in [0.29, 0.717) is 12.5 Å². The summed E-state index contributed by atoms with van der Waals surface area (Å²) in [6.07, 6.45) is 7.52. The van der Waals surface area contributed by atoms with Crippen molar-refractivity contribution < 1.29 is 9.53 Å². The van der Waals surface area contributed by atoms with Crippen LogP contribution in [0, 0.1) is 5.92 Å². The molecule has 1 unspecified atom stereocenters. The van der Waals surface area contributed by atoms with E-state index in [2.05, 4.69) is 22.0 Å². The van der Waals surface area contributed by atoms with Crippen molar-refractivity contribution in [2.75, 3.05) is 20.2 Å². The molecule has 0 aromatic rings. The Morgan fingerprint density at radius 3 is 2.53 bits per heavy atom. The molecule has 0 fully saturated rings. The number of hydrogen-bond acceptors (Lipinski definition) is 3. The maximum Gasteiger partial charge on any atom is 0.310 e. The zero-order valence-corrected chi connectivity index (χ0v) is 12.6. The summed E-state index contributed by atoms with van der Waals surface area (Å²) in [6.45, 7) is 5.19. The van der Waals surface area contributed by atoms with Crippen molar-refractivity contribution in [1.82, 2.24) is 5.32 Å². The molecule has 0 bridgehead atoms. The molecule has 0 aliphatic heterocycles. The van der Waals surface area contributed by atoms with Gasteiger partial charge in [0.2, 0.25) is 0 Å². The van der Waals surface area contributed by atoms with Crippen LogP contribution in [-0.4, -0.2) is 32.1 Å². The standard InChI is InChI=1S/C14H29N3O2/c1-4-5-6-7-8-9-10-16-14(15)17-11-12(2)13(18)19-3/h12H,4-11H2,1-3H3,(H3,15,16,17). The van der Waals surface area contributed by atoms with Crippen LogP contribution in [0.15, 0.2) is 4.99 Å². The number of nitrogens with two attached hydrogens (primary N) is 1. The Morgan fingerprint density at radius 2 is 1.89 bits per heavy atom. The number of carbonyl (C=O) groups excluding carboxylic acids is 1. The molecule has 0 spiro atoms. The van der Waals surface area contributed by atoms with E-state index in [1.54, 1.807) is 6.92 Å². The highest BCUT2D eigenvalue weighted by Gasteiger charge is 2.11. The Hall–Kier alpha value is -1.26. The number of ether oxygens (including phenoxy) is 1. The highest BCUT2D eigenvalue weighted by atomic mass is 16.5. The van der Waals surface area contributed by atoms with Gasteiger partial charge in [0.05, 0.1) is 19.6 Å². The van der Waals surface area contributed by atoms with Crippen molar-refractivity contribution >= 4 is 11.9 Å². The van der Waals surface area contributed by atoms with Crippen LogP contribution >= 0.6 is 0 Å². The van der Waals surface area contributed by atoms with Gasteiger partial charge in [-0.05, 0) is 6.42 Å². The average molecular weight is 271 g/mol. The molecule has 3 N–H and O–H groups in total. The van der Waals surface area contributed by atoms with Crippen LogP contribution in [0.1, 0.15) is 52.4 Å². The van der Waals surface area contributed by atoms with Crippen molar-refractivity contribution in [3.63, 3.8) is 0 Å². The first-order valence-corrected chi connectivity index (χ1v) is 7.23. The molecule has 112 valence electrons. The first-order chi connectivity index (χ1) is 9.11. The smallest absolute Gasteiger partial charge is 0.310 e. The Morgan fingerprint density at radius 1 is 1.26 bits per heavy atom. The second kappa shape index (κ2) is 11.8. The van der Waals surface area contributed by atoms with Gasteiger partial charge < -0.3 is 15.8 Å². The third-order valence-electron chi connectivity index (χ3n) is 2.98. The molecular weight excluding hydrogens is 242 g/mol. The first kappa shape index (κ1) is 17.7. The molecule has 0 rings (SSSR count). The summed E-state index contributed by atoms with van der Waals surface area (Å²) >= 11 is 0. The highest BCUT2D eigenvalue weighted by Crippen LogP contribution is 2.04. The van der Waals surface area contributed by atoms with Gasteiger partial charge in [0, 0.05) is 6.54 Å². The first-order valence-electron chi connectivity index (χ1n) is 7.23. The number of nitrogens with one attached hydrogen (secondary N) is 1. The van der Waals surface area contributed by atoms with Crippen molar-refractivity contribution in [2.45, 2.75) is 52.4 Å². The Kier molecular flexibility index (Phi) is 11.0. The van der Waals surface area contributed by atoms with E-state index in [4.69, 9.17) is 5.73 Å². The van der Waals surface area contributed by atoms with E-state index in [-0.39, 0.29) is 11.9 Å². The van der Waals surface area contributed by atoms with Crippen LogP contribution in [-0.2, 0) is 9.53 Å². The van der Waals surface area contributed by atoms with Crippen LogP contribution in [0.3, 0.4) is 0 Å². The lowest BCUT2D eigenvalue weighted by Gasteiger charge is -2.08. The third-order valence-corrected chi connectivity index (χ3v) is 2.98. The molecule has 0 aromatic heterocycles. The van der Waals surface area contributed by atoms with E-state index in [0.717, 1.165) is 13.0 Å². The maximum absolute atomic E-state index is 11.2. The number of hydrogen-bond donors (Lipinski definition) is 2. The summed E-state index contributed by atoms with van der Waals surface area (Å²) in [5, 5.41) is 3.06. The van der Waals surface area contributed by atoms with E-state index >= 15 is 0 Å². The zero-order chi connectivity index (χ0) is 14.5. The van der Waals surface area contributed by atoms with Crippen molar-refractivity contribution in [1.29, 1.82) is 0 Å². The van der Waals surface area contributed by atoms with Gasteiger partial charge in [-0.15, -0.1) is 0 Å². The molecule has 19 heavy (non-hydrogen) atoms. The molecule has 5 heteroatoms. The van der Waals surface area contributed by atoms with Gasteiger partial charge >= 0.3 is 5.97 Å². The minimum absolute atomic E-state index is 0.251. The number of methoxy groups -OCH3 is 1. The second-order valence-electron chi connectivity index (χ2n) is 4.84. The van der Waals surface area contributed by atoms with Crippen LogP contribution in [0.25, 0.3) is 0 Å². The van der Waals surface area contributed by atoms with Crippen molar-refractivity contribution in [3.05, 3.63) is 0 Å². The average Bonchev–Trinajstić information content (AvgIpc) is 2.42. The van der Waals surface area contributed by atoms with Gasteiger partial charge in [-0.2, -0.15) is 0 Å². The van der Waals surface area contributed by atoms with Crippen molar-refractivity contribution in [3.8, 4) is 0 Å². The van der Waals surface area contributed by atoms with Crippen LogP contribution in [0.4, 0.5) is 0 Å². The Labute approximate surface area is 117 Å². The SMILES string of the molecule is CCCCCCCCNC(N)=NCC(C)C(=O)OC. The van der Waals surface area contributed by atoms with Gasteiger partial charge in [0.25, 0.3) is 0 Å². The lowest BCUT2D eigenvalue weighted by molar-refractivity contribution is -0.144. The van der Waals surface area contributed by atoms with Gasteiger partial charge in [-0.1, -0.05) is 46.0 Å². The summed E-state index contributed by atoms with van der Waals surface area (Å²) in [5.41, 5.74) is 5.71. The van der Waals surface area contributed by atoms with E-state index < -0.39 is 0 Å². The molecule has 0 heterocycles. The molecule has 1 atom stereocenters. The Bertz CT molecular complexity index is 267. The summed E-state index contributed by atoms with van der Waals surface area (Å²) in [6, 6.07) is 0. The van der Waals surface area contributed by atoms with Gasteiger partial charge in [-0.3, -0.25) is 9.79 Å². The monoisotopic (exact) mass is 271 g/mol. The fourth-order valence-electron chi connectivity index (χ4n) is 1.69. The van der Waals surface area contributed by atoms with Gasteiger partial charge in [-0.25, -0.2) is 0 Å². The van der Waals surface area contributed by atoms with E-state index in [9.17, 15) is 4.79 Å². The number of aliphatic imine (C=N–C) groups is 1. The number of esters is 1. The summed E-state index contributed by atoms with van der Waals surface area (Å²) in [5.74, 6) is -0.101. The predicted molar refractivity (Wildman–Crippen MR) is 79.0 cm³/mol. The molecule has 0 amide bonds. The molecule has 5 nitrogen and oxygen atoms in total. The van der Waals surface area contributed by atoms with Crippen LogP contribution in [0.5, 0.6) is 0 Å². The number of rotatable bonds is 10. The molecule has 0 aliphatic rings. The second-order valence-corrected chi connectivity index (χ2v) is 4.84. The molecule has 0 saturated heterocycles. The number of guanidine groups is 1. The van der Waals surface area contributed by atoms with Gasteiger partial charge in [0.15, 0.2) is 5.96 Å². The number of nitrogens with zero attached hydrogens (tertiary/aromatic N) is 1. The highest BCUT2D eigenvalue weighted by molar-refractivity contribution is 5.78. The summed E-state index contributed by atoms with van der Waals surface area (Å²) in [4.78, 5) is 15.3. The fraction of sp³-hybridized carbons (Fsp3) is 0.857. The molecule has 0 aromatic carbocycles. The van der Waals surface area contributed by atoms with E-state index in [1.165, 1.54) is 39.2 Å². The van der Waals surface area contributed by atoms with Crippen LogP contribution in [0.2, 0.25) is 0 Å². The molecular formula is C14H29N3O2. The number of carbonyl (C=O) groups is 1.